The molecule has 3 aromatic carbocycles. The molecule has 0 aliphatic heterocycles. The van der Waals surface area contributed by atoms with Gasteiger partial charge in [0.25, 0.3) is 0 Å². The summed E-state index contributed by atoms with van der Waals surface area (Å²) in [6.45, 7) is -0.0804. The first-order chi connectivity index (χ1) is 14.9. The molecule has 0 saturated carbocycles. The van der Waals surface area contributed by atoms with Crippen molar-refractivity contribution in [3.05, 3.63) is 92.4 Å². The quantitative estimate of drug-likeness (QED) is 0.262. The summed E-state index contributed by atoms with van der Waals surface area (Å²) < 4.78 is 16.4. The maximum atomic E-state index is 12.1. The second kappa shape index (κ2) is 11.2. The molecule has 0 heterocycles. The zero-order valence-electron chi connectivity index (χ0n) is 16.1. The normalized spacial score (nSPS) is 10.4. The number of hydrogen-bond donors (Lipinski definition) is 0. The molecule has 0 amide bonds. The van der Waals surface area contributed by atoms with Crippen LogP contribution in [0.25, 0.3) is 0 Å². The molecular formula is C23H17BrCl2O5. The lowest BCUT2D eigenvalue weighted by molar-refractivity contribution is -0.136. The van der Waals surface area contributed by atoms with Crippen LogP contribution in [-0.4, -0.2) is 25.2 Å². The molecule has 0 spiro atoms. The Bertz CT molecular complexity index is 1030. The third-order valence-electron chi connectivity index (χ3n) is 4.09. The smallest absolute Gasteiger partial charge is 0.349 e. The van der Waals surface area contributed by atoms with Crippen LogP contribution in [0.15, 0.2) is 71.2 Å². The summed E-state index contributed by atoms with van der Waals surface area (Å²) >= 11 is 15.2. The number of hydrogen-bond acceptors (Lipinski definition) is 5. The Morgan fingerprint density at radius 2 is 1.65 bits per heavy atom. The lowest BCUT2D eigenvalue weighted by Gasteiger charge is -2.10. The third-order valence-corrected chi connectivity index (χ3v) is 5.17. The van der Waals surface area contributed by atoms with Gasteiger partial charge in [0.2, 0.25) is 0 Å². The Hall–Kier alpha value is -2.54. The van der Waals surface area contributed by atoms with E-state index in [1.54, 1.807) is 6.07 Å². The van der Waals surface area contributed by atoms with Crippen LogP contribution in [0.5, 0.6) is 11.5 Å². The van der Waals surface area contributed by atoms with Crippen LogP contribution in [0.2, 0.25) is 10.0 Å². The van der Waals surface area contributed by atoms with Crippen molar-refractivity contribution >= 4 is 51.1 Å². The lowest BCUT2D eigenvalue weighted by atomic mass is 10.2. The molecule has 0 bridgehead atoms. The average Bonchev–Trinajstić information content (AvgIpc) is 2.74. The van der Waals surface area contributed by atoms with E-state index in [9.17, 15) is 9.59 Å². The lowest BCUT2D eigenvalue weighted by Crippen LogP contribution is -2.18. The number of carbonyl (C=O) groups is 2. The van der Waals surface area contributed by atoms with Gasteiger partial charge in [-0.15, -0.1) is 0 Å². The minimum absolute atomic E-state index is 0.266. The maximum absolute atomic E-state index is 12.1. The Labute approximate surface area is 198 Å². The topological polar surface area (TPSA) is 61.8 Å². The van der Waals surface area contributed by atoms with Crippen molar-refractivity contribution in [1.82, 2.24) is 0 Å². The molecule has 0 radical (unpaired) electrons. The predicted molar refractivity (Wildman–Crippen MR) is 122 cm³/mol. The molecule has 0 atom stereocenters. The fraction of sp³-hybridized carbons (Fsp3) is 0.130. The number of benzene rings is 3. The molecule has 5 nitrogen and oxygen atoms in total. The second-order valence-corrected chi connectivity index (χ2v) is 8.06. The van der Waals surface area contributed by atoms with Gasteiger partial charge in [0.1, 0.15) is 5.75 Å². The number of halogens is 3. The second-order valence-electron chi connectivity index (χ2n) is 6.36. The summed E-state index contributed by atoms with van der Waals surface area (Å²) in [5.74, 6) is -0.511. The average molecular weight is 524 g/mol. The highest BCUT2D eigenvalue weighted by molar-refractivity contribution is 9.10. The van der Waals surface area contributed by atoms with Crippen molar-refractivity contribution < 1.29 is 23.8 Å². The van der Waals surface area contributed by atoms with Gasteiger partial charge in [0.15, 0.2) is 12.4 Å². The SMILES string of the molecule is O=C(COc1c(Cl)cc(Cl)cc1Br)Oc1ccc(C(=O)OCCc2ccccc2)cc1. The summed E-state index contributed by atoms with van der Waals surface area (Å²) in [7, 11) is 0. The van der Waals surface area contributed by atoms with Gasteiger partial charge in [-0.25, -0.2) is 9.59 Å². The van der Waals surface area contributed by atoms with E-state index in [-0.39, 0.29) is 29.7 Å². The van der Waals surface area contributed by atoms with Crippen LogP contribution < -0.4 is 9.47 Å². The third kappa shape index (κ3) is 6.99. The van der Waals surface area contributed by atoms with Crippen molar-refractivity contribution in [2.75, 3.05) is 13.2 Å². The van der Waals surface area contributed by atoms with Crippen molar-refractivity contribution in [2.45, 2.75) is 6.42 Å². The minimum Gasteiger partial charge on any atom is -0.479 e. The van der Waals surface area contributed by atoms with Gasteiger partial charge in [-0.2, -0.15) is 0 Å². The molecule has 0 N–H and O–H groups in total. The summed E-state index contributed by atoms with van der Waals surface area (Å²) in [4.78, 5) is 24.2. The number of rotatable bonds is 8. The Balaban J connectivity index is 1.47. The van der Waals surface area contributed by atoms with E-state index >= 15 is 0 Å². The predicted octanol–water partition coefficient (Wildman–Crippen LogP) is 6.14. The zero-order chi connectivity index (χ0) is 22.2. The summed E-state index contributed by atoms with van der Waals surface area (Å²) in [5.41, 5.74) is 1.45. The molecule has 0 unspecified atom stereocenters. The van der Waals surface area contributed by atoms with Gasteiger partial charge in [0, 0.05) is 11.4 Å². The van der Waals surface area contributed by atoms with Gasteiger partial charge in [0.05, 0.1) is 21.7 Å². The van der Waals surface area contributed by atoms with E-state index in [4.69, 9.17) is 37.4 Å². The number of esters is 2. The first kappa shape index (κ1) is 23.1. The maximum Gasteiger partial charge on any atom is 0.349 e. The molecule has 3 rings (SSSR count). The first-order valence-electron chi connectivity index (χ1n) is 9.21. The van der Waals surface area contributed by atoms with Crippen LogP contribution in [0, 0.1) is 0 Å². The molecule has 0 aliphatic rings. The van der Waals surface area contributed by atoms with E-state index in [1.165, 1.54) is 30.3 Å². The van der Waals surface area contributed by atoms with E-state index in [2.05, 4.69) is 15.9 Å². The summed E-state index contributed by atoms with van der Waals surface area (Å²) in [5, 5.41) is 0.702. The van der Waals surface area contributed by atoms with Gasteiger partial charge >= 0.3 is 11.9 Å². The van der Waals surface area contributed by atoms with Crippen molar-refractivity contribution in [1.29, 1.82) is 0 Å². The van der Waals surface area contributed by atoms with Crippen LogP contribution in [0.3, 0.4) is 0 Å². The summed E-state index contributed by atoms with van der Waals surface area (Å²) in [6, 6.07) is 18.9. The van der Waals surface area contributed by atoms with Crippen molar-refractivity contribution in [3.8, 4) is 11.5 Å². The molecule has 0 aliphatic carbocycles. The van der Waals surface area contributed by atoms with Crippen LogP contribution in [0.4, 0.5) is 0 Å². The standard InChI is InChI=1S/C23H17BrCl2O5/c24-19-12-17(25)13-20(26)22(19)30-14-21(27)31-18-8-6-16(7-9-18)23(28)29-11-10-15-4-2-1-3-5-15/h1-9,12-13H,10-11,14H2. The van der Waals surface area contributed by atoms with Crippen molar-refractivity contribution in [3.63, 3.8) is 0 Å². The van der Waals surface area contributed by atoms with E-state index in [0.29, 0.717) is 21.5 Å². The van der Waals surface area contributed by atoms with Gasteiger partial charge in [-0.1, -0.05) is 53.5 Å². The largest absolute Gasteiger partial charge is 0.479 e. The van der Waals surface area contributed by atoms with Gasteiger partial charge in [-0.05, 0) is 57.9 Å². The van der Waals surface area contributed by atoms with Gasteiger partial charge < -0.3 is 14.2 Å². The molecular weight excluding hydrogens is 507 g/mol. The Morgan fingerprint density at radius 1 is 0.935 bits per heavy atom. The molecule has 31 heavy (non-hydrogen) atoms. The monoisotopic (exact) mass is 522 g/mol. The van der Waals surface area contributed by atoms with Crippen LogP contribution in [0.1, 0.15) is 15.9 Å². The molecule has 8 heteroatoms. The fourth-order valence-electron chi connectivity index (χ4n) is 2.61. The molecule has 0 aromatic heterocycles. The highest BCUT2D eigenvalue weighted by atomic mass is 79.9. The molecule has 160 valence electrons. The Kier molecular flexibility index (Phi) is 8.35. The van der Waals surface area contributed by atoms with Crippen LogP contribution >= 0.6 is 39.1 Å². The number of carbonyl (C=O) groups excluding carboxylic acids is 2. The zero-order valence-corrected chi connectivity index (χ0v) is 19.2. The molecule has 0 saturated heterocycles. The highest BCUT2D eigenvalue weighted by Crippen LogP contribution is 2.36. The Morgan fingerprint density at radius 3 is 2.32 bits per heavy atom. The first-order valence-corrected chi connectivity index (χ1v) is 10.8. The summed E-state index contributed by atoms with van der Waals surface area (Å²) in [6.07, 6.45) is 0.635. The van der Waals surface area contributed by atoms with E-state index < -0.39 is 11.9 Å². The fourth-order valence-corrected chi connectivity index (χ4v) is 3.98. The number of ether oxygens (including phenoxy) is 3. The van der Waals surface area contributed by atoms with Crippen molar-refractivity contribution in [2.24, 2.45) is 0 Å². The minimum atomic E-state index is -0.629. The highest BCUT2D eigenvalue weighted by Gasteiger charge is 2.13. The van der Waals surface area contributed by atoms with Gasteiger partial charge in [-0.3, -0.25) is 0 Å². The van der Waals surface area contributed by atoms with E-state index in [1.807, 2.05) is 30.3 Å². The molecule has 3 aromatic rings. The van der Waals surface area contributed by atoms with Crippen LogP contribution in [-0.2, 0) is 16.0 Å². The molecule has 0 fully saturated rings. The van der Waals surface area contributed by atoms with E-state index in [0.717, 1.165) is 5.56 Å².